The van der Waals surface area contributed by atoms with Crippen molar-refractivity contribution < 1.29 is 23.4 Å². The van der Waals surface area contributed by atoms with Gasteiger partial charge in [-0.1, -0.05) is 196 Å². The predicted molar refractivity (Wildman–Crippen MR) is 377 cm³/mol. The van der Waals surface area contributed by atoms with Gasteiger partial charge in [-0.2, -0.15) is 0 Å². The molecule has 16 rings (SSSR count). The van der Waals surface area contributed by atoms with Crippen molar-refractivity contribution in [1.82, 2.24) is 0 Å². The Morgan fingerprint density at radius 3 is 1.32 bits per heavy atom. The largest absolute Gasteiger partial charge is 0.486 e. The van der Waals surface area contributed by atoms with Crippen LogP contribution in [0.1, 0.15) is 79.0 Å². The smallest absolute Gasteiger partial charge is 0.252 e. The lowest BCUT2D eigenvalue weighted by Gasteiger charge is -2.46. The molecule has 4 aliphatic heterocycles. The van der Waals surface area contributed by atoms with E-state index in [1.807, 2.05) is 12.1 Å². The van der Waals surface area contributed by atoms with Crippen LogP contribution in [0.3, 0.4) is 0 Å². The van der Waals surface area contributed by atoms with E-state index in [1.54, 1.807) is 0 Å². The van der Waals surface area contributed by atoms with E-state index in [2.05, 4.69) is 289 Å². The molecule has 0 saturated carbocycles. The first-order valence-electron chi connectivity index (χ1n) is 32.0. The Balaban J connectivity index is 1.03. The van der Waals surface area contributed by atoms with Crippen molar-refractivity contribution in [1.29, 1.82) is 0 Å². The third-order valence-corrected chi connectivity index (χ3v) is 18.8. The van der Waals surface area contributed by atoms with Gasteiger partial charge in [-0.25, -0.2) is 0 Å². The lowest BCUT2D eigenvalue weighted by atomic mass is 9.33. The van der Waals surface area contributed by atoms with Crippen molar-refractivity contribution in [3.8, 4) is 56.6 Å². The molecule has 448 valence electrons. The fraction of sp³-hybridized carbons (Fsp3) is 0.195. The molecule has 0 aliphatic carbocycles. The van der Waals surface area contributed by atoms with Crippen molar-refractivity contribution in [3.05, 3.63) is 241 Å². The zero-order valence-electron chi connectivity index (χ0n) is 53.2. The highest BCUT2D eigenvalue weighted by Crippen LogP contribution is 2.55. The molecule has 12 aromatic rings. The van der Waals surface area contributed by atoms with Crippen LogP contribution in [0.4, 0.5) is 51.2 Å². The van der Waals surface area contributed by atoms with Crippen molar-refractivity contribution in [2.24, 2.45) is 0 Å². The predicted octanol–water partition coefficient (Wildman–Crippen LogP) is 19.6. The summed E-state index contributed by atoms with van der Waals surface area (Å²) in [4.78, 5) is 7.54. The number of para-hydroxylation sites is 1. The Hall–Kier alpha value is -10.1. The van der Waals surface area contributed by atoms with E-state index >= 15 is 0 Å². The molecule has 1 aromatic heterocycles. The molecule has 91 heavy (non-hydrogen) atoms. The molecule has 0 fully saturated rings. The monoisotopic (exact) mass is 1190 g/mol. The SMILES string of the molecule is CC(C)(C)c1ccc(N(c2cc3c4c(c2)N(c2cc5c(cc2-c2ccccc2)OCCO5)c2ccc(C(C)(C)C)cc2B4c2cc(C(C)(C)C)ccc2N3c2cc3c(cc2-c2ccccc2)OCCO3)c2ccc3cc(-c4cc5ccccc5o4)ccc3c2)cc1. The second-order valence-corrected chi connectivity index (χ2v) is 27.8. The van der Waals surface area contributed by atoms with Crippen LogP contribution in [-0.4, -0.2) is 33.1 Å². The Morgan fingerprint density at radius 2 is 0.802 bits per heavy atom. The molecule has 5 heterocycles. The summed E-state index contributed by atoms with van der Waals surface area (Å²) in [6.45, 7) is 22.4. The fourth-order valence-corrected chi connectivity index (χ4v) is 14.0. The zero-order chi connectivity index (χ0) is 62.1. The van der Waals surface area contributed by atoms with Gasteiger partial charge in [0.25, 0.3) is 6.71 Å². The quantitative estimate of drug-likeness (QED) is 0.140. The number of benzene rings is 11. The maximum Gasteiger partial charge on any atom is 0.252 e. The van der Waals surface area contributed by atoms with Crippen molar-refractivity contribution in [3.63, 3.8) is 0 Å². The summed E-state index contributed by atoms with van der Waals surface area (Å²) in [5.41, 5.74) is 22.4. The molecule has 4 aliphatic rings. The fourth-order valence-electron chi connectivity index (χ4n) is 14.0. The summed E-state index contributed by atoms with van der Waals surface area (Å²) in [7, 11) is 0. The minimum Gasteiger partial charge on any atom is -0.486 e. The van der Waals surface area contributed by atoms with Gasteiger partial charge in [0, 0.05) is 68.3 Å². The van der Waals surface area contributed by atoms with E-state index in [9.17, 15) is 0 Å². The summed E-state index contributed by atoms with van der Waals surface area (Å²) in [6.07, 6.45) is 0. The zero-order valence-corrected chi connectivity index (χ0v) is 53.2. The van der Waals surface area contributed by atoms with Gasteiger partial charge in [-0.05, 0) is 150 Å². The highest BCUT2D eigenvalue weighted by molar-refractivity contribution is 7.00. The lowest BCUT2D eigenvalue weighted by molar-refractivity contribution is 0.172. The Labute approximate surface area is 533 Å². The summed E-state index contributed by atoms with van der Waals surface area (Å²) in [6, 6.07) is 82.9. The molecule has 0 spiro atoms. The number of rotatable bonds is 8. The van der Waals surface area contributed by atoms with Gasteiger partial charge < -0.3 is 38.1 Å². The standard InChI is InChI=1S/C82H72BN3O5/c1-80(2,3)57-27-32-60(33-28-57)84(61-31-26-53-40-56(25-24-54(53)41-61)74-42-55-22-16-17-23-73(55)91-74)62-45-71-79-72(46-62)86(70-50-78-76(88-37-39-90-78)48-64(70)52-20-14-11-15-21-52)68-35-30-59(82(7,8)9)44-66(68)83(79)65-43-58(81(4,5)6)29-34-67(65)85(71)69-49-77-75(87-36-38-89-77)47-63(69)51-18-12-10-13-19-51/h10-35,40-50H,36-39H2,1-9H3. The molecule has 8 nitrogen and oxygen atoms in total. The molecule has 0 N–H and O–H groups in total. The summed E-state index contributed by atoms with van der Waals surface area (Å²) >= 11 is 0. The number of ether oxygens (including phenoxy) is 4. The maximum atomic E-state index is 6.63. The molecule has 11 aromatic carbocycles. The first kappa shape index (κ1) is 56.1. The summed E-state index contributed by atoms with van der Waals surface area (Å²) in [5, 5.41) is 3.30. The van der Waals surface area contributed by atoms with Crippen LogP contribution in [0.5, 0.6) is 23.0 Å². The number of fused-ring (bicyclic) bond motifs is 8. The van der Waals surface area contributed by atoms with Gasteiger partial charge in [0.05, 0.1) is 17.1 Å². The first-order valence-corrected chi connectivity index (χ1v) is 32.0. The molecule has 0 saturated heterocycles. The summed E-state index contributed by atoms with van der Waals surface area (Å²) in [5.74, 6) is 3.74. The molecule has 9 heteroatoms. The number of hydrogen-bond donors (Lipinski definition) is 0. The van der Waals surface area contributed by atoms with Crippen LogP contribution in [0.2, 0.25) is 0 Å². The van der Waals surface area contributed by atoms with Gasteiger partial charge in [0.1, 0.15) is 37.8 Å². The Morgan fingerprint density at radius 1 is 0.341 bits per heavy atom. The topological polar surface area (TPSA) is 59.8 Å². The van der Waals surface area contributed by atoms with Crippen LogP contribution >= 0.6 is 0 Å². The highest BCUT2D eigenvalue weighted by atomic mass is 16.6. The maximum absolute atomic E-state index is 6.63. The normalized spacial score (nSPS) is 14.1. The third kappa shape index (κ3) is 9.75. The van der Waals surface area contributed by atoms with E-state index in [-0.39, 0.29) is 23.0 Å². The van der Waals surface area contributed by atoms with E-state index in [0.717, 1.165) is 118 Å². The second-order valence-electron chi connectivity index (χ2n) is 27.8. The average Bonchev–Trinajstić information content (AvgIpc) is 0.895. The minimum absolute atomic E-state index is 0.0729. The number of nitrogens with zero attached hydrogens (tertiary/aromatic N) is 3. The van der Waals surface area contributed by atoms with Gasteiger partial charge >= 0.3 is 0 Å². The minimum atomic E-state index is -0.211. The molecular formula is C82H72BN3O5. The lowest BCUT2D eigenvalue weighted by Crippen LogP contribution is -2.61. The molecule has 0 atom stereocenters. The average molecular weight is 1190 g/mol. The number of furan rings is 1. The van der Waals surface area contributed by atoms with Crippen LogP contribution in [0.25, 0.3) is 55.3 Å². The Kier molecular flexibility index (Phi) is 13.1. The molecular weight excluding hydrogens is 1120 g/mol. The molecule has 0 radical (unpaired) electrons. The van der Waals surface area contributed by atoms with Gasteiger partial charge in [-0.3, -0.25) is 0 Å². The molecule has 0 bridgehead atoms. The second kappa shape index (κ2) is 21.3. The molecule has 0 amide bonds. The van der Waals surface area contributed by atoms with Crippen LogP contribution in [-0.2, 0) is 16.2 Å². The Bertz CT molecular complexity index is 4630. The highest BCUT2D eigenvalue weighted by Gasteiger charge is 2.46. The van der Waals surface area contributed by atoms with Crippen molar-refractivity contribution in [2.75, 3.05) is 41.1 Å². The van der Waals surface area contributed by atoms with E-state index < -0.39 is 0 Å². The summed E-state index contributed by atoms with van der Waals surface area (Å²) < 4.78 is 32.6. The number of hydrogen-bond acceptors (Lipinski definition) is 8. The van der Waals surface area contributed by atoms with Gasteiger partial charge in [0.2, 0.25) is 0 Å². The molecule has 0 unspecified atom stereocenters. The van der Waals surface area contributed by atoms with Crippen molar-refractivity contribution in [2.45, 2.75) is 78.6 Å². The van der Waals surface area contributed by atoms with E-state index in [1.165, 1.54) is 33.1 Å². The van der Waals surface area contributed by atoms with E-state index in [0.29, 0.717) is 37.9 Å². The van der Waals surface area contributed by atoms with Crippen LogP contribution < -0.4 is 50.0 Å². The van der Waals surface area contributed by atoms with Crippen LogP contribution in [0, 0.1) is 0 Å². The van der Waals surface area contributed by atoms with Crippen molar-refractivity contribution >= 4 is 96.0 Å². The van der Waals surface area contributed by atoms with Gasteiger partial charge in [0.15, 0.2) is 23.0 Å². The van der Waals surface area contributed by atoms with E-state index in [4.69, 9.17) is 23.4 Å². The van der Waals surface area contributed by atoms with Crippen LogP contribution in [0.15, 0.2) is 229 Å². The van der Waals surface area contributed by atoms with Gasteiger partial charge in [-0.15, -0.1) is 0 Å². The first-order chi connectivity index (χ1) is 44.0. The third-order valence-electron chi connectivity index (χ3n) is 18.8. The number of anilines is 9.